The molecule has 1 aromatic rings. The zero-order chi connectivity index (χ0) is 15.0. The Hall–Kier alpha value is -2.32. The Bertz CT molecular complexity index is 651. The summed E-state index contributed by atoms with van der Waals surface area (Å²) in [6.07, 6.45) is 0.698. The largest absolute Gasteiger partial charge is 0.497 e. The van der Waals surface area contributed by atoms with Crippen molar-refractivity contribution < 1.29 is 19.4 Å². The molecule has 0 radical (unpaired) electrons. The summed E-state index contributed by atoms with van der Waals surface area (Å²) in [5.41, 5.74) is 1.43. The number of hydrogen-bond acceptors (Lipinski definition) is 4. The van der Waals surface area contributed by atoms with Gasteiger partial charge in [-0.05, 0) is 30.2 Å². The van der Waals surface area contributed by atoms with Crippen molar-refractivity contribution in [3.8, 4) is 17.6 Å². The van der Waals surface area contributed by atoms with Crippen molar-refractivity contribution in [1.29, 1.82) is 0 Å². The number of amides is 2. The van der Waals surface area contributed by atoms with Gasteiger partial charge in [-0.1, -0.05) is 11.8 Å². The minimum Gasteiger partial charge on any atom is -0.497 e. The third-order valence-electron chi connectivity index (χ3n) is 3.90. The van der Waals surface area contributed by atoms with Crippen molar-refractivity contribution in [2.75, 3.05) is 13.7 Å². The minimum absolute atomic E-state index is 0.0890. The number of carbonyl (C=O) groups excluding carboxylic acids is 2. The summed E-state index contributed by atoms with van der Waals surface area (Å²) in [5, 5.41) is 8.81. The second-order valence-electron chi connectivity index (χ2n) is 5.19. The standard InChI is InChI=1S/C16H15NO4/c1-21-12-5-4-10(3-2-6-18)11(7-12)9-17-15(19)13-8-14(13)16(17)20/h4-5,7,13-14,18H,6,8-9H2,1H3. The van der Waals surface area contributed by atoms with E-state index in [0.717, 1.165) is 5.56 Å². The van der Waals surface area contributed by atoms with E-state index in [1.807, 2.05) is 0 Å². The third kappa shape index (κ3) is 2.39. The number of piperidine rings is 1. The molecule has 1 heterocycles. The van der Waals surface area contributed by atoms with Crippen LogP contribution in [0.15, 0.2) is 18.2 Å². The SMILES string of the molecule is COc1ccc(C#CCO)c(CN2C(=O)C3CC3C2=O)c1. The van der Waals surface area contributed by atoms with Gasteiger partial charge in [-0.3, -0.25) is 14.5 Å². The molecule has 0 bridgehead atoms. The highest BCUT2D eigenvalue weighted by atomic mass is 16.5. The summed E-state index contributed by atoms with van der Waals surface area (Å²) in [7, 11) is 1.56. The Labute approximate surface area is 122 Å². The number of methoxy groups -OCH3 is 1. The number of nitrogens with zero attached hydrogens (tertiary/aromatic N) is 1. The highest BCUT2D eigenvalue weighted by molar-refractivity contribution is 6.08. The lowest BCUT2D eigenvalue weighted by Gasteiger charge is -2.18. The number of rotatable bonds is 3. The average Bonchev–Trinajstić information content (AvgIpc) is 3.26. The van der Waals surface area contributed by atoms with Crippen LogP contribution in [0.2, 0.25) is 0 Å². The maximum Gasteiger partial charge on any atom is 0.233 e. The molecule has 1 aromatic carbocycles. The van der Waals surface area contributed by atoms with E-state index < -0.39 is 0 Å². The first-order valence-electron chi connectivity index (χ1n) is 6.77. The molecule has 2 unspecified atom stereocenters. The fraction of sp³-hybridized carbons (Fsp3) is 0.375. The fourth-order valence-corrected chi connectivity index (χ4v) is 2.66. The molecule has 2 aliphatic rings. The topological polar surface area (TPSA) is 66.8 Å². The quantitative estimate of drug-likeness (QED) is 0.650. The molecule has 0 spiro atoms. The van der Waals surface area contributed by atoms with Crippen molar-refractivity contribution in [2.45, 2.75) is 13.0 Å². The molecule has 2 amide bonds. The van der Waals surface area contributed by atoms with E-state index in [2.05, 4.69) is 11.8 Å². The lowest BCUT2D eigenvalue weighted by atomic mass is 10.1. The summed E-state index contributed by atoms with van der Waals surface area (Å²) in [6, 6.07) is 5.30. The van der Waals surface area contributed by atoms with E-state index >= 15 is 0 Å². The molecule has 2 atom stereocenters. The first-order chi connectivity index (χ1) is 10.2. The van der Waals surface area contributed by atoms with E-state index in [-0.39, 0.29) is 36.8 Å². The van der Waals surface area contributed by atoms with Gasteiger partial charge in [0.15, 0.2) is 0 Å². The predicted octanol–water partition coefficient (Wildman–Crippen LogP) is 0.544. The van der Waals surface area contributed by atoms with Gasteiger partial charge < -0.3 is 9.84 Å². The first-order valence-corrected chi connectivity index (χ1v) is 6.77. The van der Waals surface area contributed by atoms with Gasteiger partial charge in [0, 0.05) is 5.56 Å². The average molecular weight is 285 g/mol. The van der Waals surface area contributed by atoms with Crippen LogP contribution in [0.4, 0.5) is 0 Å². The zero-order valence-corrected chi connectivity index (χ0v) is 11.6. The Morgan fingerprint density at radius 3 is 2.67 bits per heavy atom. The van der Waals surface area contributed by atoms with Crippen LogP contribution in [0.1, 0.15) is 17.5 Å². The molecule has 1 N–H and O–H groups in total. The second kappa shape index (κ2) is 5.23. The smallest absolute Gasteiger partial charge is 0.233 e. The van der Waals surface area contributed by atoms with Crippen molar-refractivity contribution in [2.24, 2.45) is 11.8 Å². The Kier molecular flexibility index (Phi) is 3.40. The van der Waals surface area contributed by atoms with Gasteiger partial charge in [0.05, 0.1) is 25.5 Å². The van der Waals surface area contributed by atoms with Gasteiger partial charge >= 0.3 is 0 Å². The molecule has 1 aliphatic heterocycles. The Morgan fingerprint density at radius 1 is 1.33 bits per heavy atom. The maximum absolute atomic E-state index is 12.0. The number of likely N-dealkylation sites (tertiary alicyclic amines) is 1. The van der Waals surface area contributed by atoms with E-state index in [1.54, 1.807) is 25.3 Å². The van der Waals surface area contributed by atoms with Crippen LogP contribution < -0.4 is 4.74 Å². The Balaban J connectivity index is 1.89. The molecule has 5 heteroatoms. The molecule has 1 saturated carbocycles. The van der Waals surface area contributed by atoms with Gasteiger partial charge in [0.25, 0.3) is 0 Å². The van der Waals surface area contributed by atoms with Crippen molar-refractivity contribution in [3.63, 3.8) is 0 Å². The number of hydrogen-bond donors (Lipinski definition) is 1. The fourth-order valence-electron chi connectivity index (χ4n) is 2.66. The number of carbonyl (C=O) groups is 2. The molecule has 3 rings (SSSR count). The number of aliphatic hydroxyl groups is 1. The lowest BCUT2D eigenvalue weighted by molar-refractivity contribution is -0.142. The molecule has 108 valence electrons. The molecule has 21 heavy (non-hydrogen) atoms. The molecular weight excluding hydrogens is 270 g/mol. The Morgan fingerprint density at radius 2 is 2.05 bits per heavy atom. The number of benzene rings is 1. The van der Waals surface area contributed by atoms with E-state index in [4.69, 9.17) is 9.84 Å². The highest BCUT2D eigenvalue weighted by Gasteiger charge is 2.58. The summed E-state index contributed by atoms with van der Waals surface area (Å²) >= 11 is 0. The van der Waals surface area contributed by atoms with Crippen molar-refractivity contribution in [3.05, 3.63) is 29.3 Å². The van der Waals surface area contributed by atoms with Crippen LogP contribution in [0.5, 0.6) is 5.75 Å². The van der Waals surface area contributed by atoms with Gasteiger partial charge in [0.2, 0.25) is 11.8 Å². The van der Waals surface area contributed by atoms with Gasteiger partial charge in [-0.25, -0.2) is 0 Å². The predicted molar refractivity (Wildman–Crippen MR) is 74.1 cm³/mol. The van der Waals surface area contributed by atoms with Gasteiger partial charge in [0.1, 0.15) is 12.4 Å². The van der Waals surface area contributed by atoms with Crippen molar-refractivity contribution in [1.82, 2.24) is 4.90 Å². The number of fused-ring (bicyclic) bond motifs is 1. The summed E-state index contributed by atoms with van der Waals surface area (Å²) in [5.74, 6) is 5.68. The van der Waals surface area contributed by atoms with E-state index in [0.29, 0.717) is 17.7 Å². The van der Waals surface area contributed by atoms with Crippen LogP contribution in [-0.2, 0) is 16.1 Å². The molecule has 1 saturated heterocycles. The second-order valence-corrected chi connectivity index (χ2v) is 5.19. The molecular formula is C16H15NO4. The number of aliphatic hydroxyl groups excluding tert-OH is 1. The number of imide groups is 1. The van der Waals surface area contributed by atoms with E-state index in [9.17, 15) is 9.59 Å². The zero-order valence-electron chi connectivity index (χ0n) is 11.6. The van der Waals surface area contributed by atoms with Crippen LogP contribution in [-0.4, -0.2) is 35.5 Å². The minimum atomic E-state index is -0.239. The van der Waals surface area contributed by atoms with E-state index in [1.165, 1.54) is 4.90 Å². The molecule has 0 aromatic heterocycles. The first kappa shape index (κ1) is 13.7. The molecule has 5 nitrogen and oxygen atoms in total. The summed E-state index contributed by atoms with van der Waals surface area (Å²) in [6.45, 7) is -0.0332. The summed E-state index contributed by atoms with van der Waals surface area (Å²) in [4.78, 5) is 25.4. The van der Waals surface area contributed by atoms with Gasteiger partial charge in [-0.15, -0.1) is 0 Å². The monoisotopic (exact) mass is 285 g/mol. The van der Waals surface area contributed by atoms with Crippen LogP contribution in [0.25, 0.3) is 0 Å². The molecule has 1 aliphatic carbocycles. The third-order valence-corrected chi connectivity index (χ3v) is 3.90. The van der Waals surface area contributed by atoms with Gasteiger partial charge in [-0.2, -0.15) is 0 Å². The van der Waals surface area contributed by atoms with Crippen LogP contribution in [0, 0.1) is 23.7 Å². The lowest BCUT2D eigenvalue weighted by Crippen LogP contribution is -2.32. The van der Waals surface area contributed by atoms with Crippen LogP contribution >= 0.6 is 0 Å². The number of ether oxygens (including phenoxy) is 1. The normalized spacial score (nSPS) is 22.7. The highest BCUT2D eigenvalue weighted by Crippen LogP contribution is 2.47. The van der Waals surface area contributed by atoms with Crippen molar-refractivity contribution >= 4 is 11.8 Å². The van der Waals surface area contributed by atoms with Crippen LogP contribution in [0.3, 0.4) is 0 Å². The maximum atomic E-state index is 12.0. The molecule has 2 fully saturated rings. The summed E-state index contributed by atoms with van der Waals surface area (Å²) < 4.78 is 5.18.